The summed E-state index contributed by atoms with van der Waals surface area (Å²) in [6.07, 6.45) is 10.6. The first-order valence-electron chi connectivity index (χ1n) is 13.8. The van der Waals surface area contributed by atoms with Crippen molar-refractivity contribution in [3.63, 3.8) is 0 Å². The fraction of sp³-hybridized carbons (Fsp3) is 0.516. The molecule has 0 heterocycles. The summed E-state index contributed by atoms with van der Waals surface area (Å²) in [5, 5.41) is 14.6. The van der Waals surface area contributed by atoms with Gasteiger partial charge in [-0.2, -0.15) is 0 Å². The number of amides is 2. The zero-order chi connectivity index (χ0) is 31.8. The van der Waals surface area contributed by atoms with Gasteiger partial charge in [0.05, 0.1) is 17.0 Å². The van der Waals surface area contributed by atoms with Crippen molar-refractivity contribution in [2.45, 2.75) is 87.8 Å². The van der Waals surface area contributed by atoms with Crippen LogP contribution in [0, 0.1) is 5.92 Å². The highest BCUT2D eigenvalue weighted by Gasteiger charge is 2.18. The molecule has 0 saturated heterocycles. The molecule has 0 aliphatic carbocycles. The van der Waals surface area contributed by atoms with Gasteiger partial charge in [0.15, 0.2) is 0 Å². The van der Waals surface area contributed by atoms with Crippen LogP contribution in [0.25, 0.3) is 0 Å². The van der Waals surface area contributed by atoms with E-state index in [4.69, 9.17) is 27.3 Å². The predicted octanol–water partition coefficient (Wildman–Crippen LogP) is 7.22. The summed E-state index contributed by atoms with van der Waals surface area (Å²) in [7, 11) is 3.28. The van der Waals surface area contributed by atoms with Crippen LogP contribution in [-0.2, 0) is 4.79 Å². The maximum absolute atomic E-state index is 12.1. The molecule has 0 aromatic heterocycles. The summed E-state index contributed by atoms with van der Waals surface area (Å²) < 4.78 is 5.51. The molecule has 9 heteroatoms. The molecule has 8 nitrogen and oxygen atoms in total. The van der Waals surface area contributed by atoms with Crippen molar-refractivity contribution < 1.29 is 19.5 Å². The first-order valence-corrected chi connectivity index (χ1v) is 14.2. The Kier molecular flexibility index (Phi) is 25.5. The van der Waals surface area contributed by atoms with E-state index in [0.717, 1.165) is 6.42 Å². The Bertz CT molecular complexity index is 970. The Morgan fingerprint density at radius 3 is 2.15 bits per heavy atom. The highest BCUT2D eigenvalue weighted by atomic mass is 35.5. The van der Waals surface area contributed by atoms with Gasteiger partial charge in [0, 0.05) is 19.7 Å². The van der Waals surface area contributed by atoms with Gasteiger partial charge in [-0.1, -0.05) is 87.3 Å². The average Bonchev–Trinajstić information content (AvgIpc) is 2.94. The highest BCUT2D eigenvalue weighted by molar-refractivity contribution is 6.32. The number of carbonyl (C=O) groups is 2. The highest BCUT2D eigenvalue weighted by Crippen LogP contribution is 2.26. The maximum Gasteiger partial charge on any atom is 0.251 e. The molecular weight excluding hydrogens is 528 g/mol. The number of ether oxygens (including phenoxy) is 1. The SMILES string of the molecule is C/C=C/C(C=C/C=C(/C)CC)/C(N)=N/O.CC.CC.CC(C)Oc1ccc(C(=O)NC(C)C(=O)N(C)C)cc1Cl. The summed E-state index contributed by atoms with van der Waals surface area (Å²) in [4.78, 5) is 25.2. The predicted molar refractivity (Wildman–Crippen MR) is 170 cm³/mol. The number of hydrogen-bond donors (Lipinski definition) is 3. The monoisotopic (exact) mass is 580 g/mol. The molecule has 1 aromatic carbocycles. The van der Waals surface area contributed by atoms with E-state index >= 15 is 0 Å². The number of allylic oxidation sites excluding steroid dienone is 4. The Morgan fingerprint density at radius 2 is 1.73 bits per heavy atom. The normalized spacial score (nSPS) is 12.8. The summed E-state index contributed by atoms with van der Waals surface area (Å²) in [6.45, 7) is 19.5. The third kappa shape index (κ3) is 18.1. The standard InChI is InChI=1S/C15H21ClN2O3.C12H20N2O.2C2H6/c1-9(2)21-13-7-6-11(8-12(13)16)14(19)17-10(3)15(20)18(4)5;1-4-7-11(12(13)14-15)9-6-8-10(3)5-2;2*1-2/h6-10H,1-5H3,(H,17,19);4,6-9,11,15H,5H2,1-3H3,(H2,13,14);2*1-2H3/b;7-4+,9-6?,10-8-;;. The Morgan fingerprint density at radius 1 is 1.15 bits per heavy atom. The van der Waals surface area contributed by atoms with E-state index in [-0.39, 0.29) is 29.7 Å². The molecule has 0 bridgehead atoms. The second-order valence-corrected chi connectivity index (χ2v) is 8.97. The van der Waals surface area contributed by atoms with Gasteiger partial charge in [0.1, 0.15) is 17.6 Å². The van der Waals surface area contributed by atoms with Crippen molar-refractivity contribution in [2.24, 2.45) is 16.8 Å². The second kappa shape index (κ2) is 24.8. The van der Waals surface area contributed by atoms with Gasteiger partial charge in [-0.25, -0.2) is 0 Å². The van der Waals surface area contributed by atoms with Crippen LogP contribution < -0.4 is 15.8 Å². The molecule has 2 atom stereocenters. The van der Waals surface area contributed by atoms with Gasteiger partial charge in [-0.05, 0) is 59.2 Å². The average molecular weight is 581 g/mol. The lowest BCUT2D eigenvalue weighted by molar-refractivity contribution is -0.130. The molecule has 1 rings (SSSR count). The van der Waals surface area contributed by atoms with Gasteiger partial charge in [0.2, 0.25) is 5.91 Å². The third-order valence-corrected chi connectivity index (χ3v) is 5.12. The number of nitrogens with zero attached hydrogens (tertiary/aromatic N) is 2. The fourth-order valence-electron chi connectivity index (χ4n) is 2.71. The Hall–Kier alpha value is -3.26. The van der Waals surface area contributed by atoms with Gasteiger partial charge in [0.25, 0.3) is 5.91 Å². The largest absolute Gasteiger partial charge is 0.489 e. The van der Waals surface area contributed by atoms with E-state index in [2.05, 4.69) is 24.3 Å². The molecule has 1 aromatic rings. The third-order valence-electron chi connectivity index (χ3n) is 4.83. The molecule has 4 N–H and O–H groups in total. The van der Waals surface area contributed by atoms with Crippen LogP contribution in [-0.4, -0.2) is 54.0 Å². The van der Waals surface area contributed by atoms with E-state index < -0.39 is 6.04 Å². The van der Waals surface area contributed by atoms with Crippen LogP contribution in [0.3, 0.4) is 0 Å². The number of nitrogens with one attached hydrogen (secondary N) is 1. The second-order valence-electron chi connectivity index (χ2n) is 8.57. The molecule has 0 fully saturated rings. The van der Waals surface area contributed by atoms with E-state index in [1.54, 1.807) is 33.2 Å². The van der Waals surface area contributed by atoms with E-state index in [1.807, 2.05) is 78.8 Å². The van der Waals surface area contributed by atoms with Crippen LogP contribution in [0.1, 0.15) is 86.0 Å². The van der Waals surface area contributed by atoms with Crippen molar-refractivity contribution in [1.82, 2.24) is 10.2 Å². The van der Waals surface area contributed by atoms with E-state index in [1.165, 1.54) is 16.5 Å². The maximum atomic E-state index is 12.1. The first-order chi connectivity index (χ1) is 18.9. The zero-order valence-corrected chi connectivity index (χ0v) is 27.3. The number of likely N-dealkylation sites (N-methyl/N-ethyl adjacent to an activating group) is 1. The van der Waals surface area contributed by atoms with Crippen LogP contribution in [0.15, 0.2) is 59.3 Å². The topological polar surface area (TPSA) is 117 Å². The molecular formula is C31H53ClN4O4. The van der Waals surface area contributed by atoms with Gasteiger partial charge < -0.3 is 25.9 Å². The lowest BCUT2D eigenvalue weighted by atomic mass is 10.1. The Labute approximate surface area is 248 Å². The van der Waals surface area contributed by atoms with E-state index in [9.17, 15) is 9.59 Å². The number of oxime groups is 1. The van der Waals surface area contributed by atoms with Crippen LogP contribution in [0.2, 0.25) is 5.02 Å². The van der Waals surface area contributed by atoms with Crippen LogP contribution in [0.4, 0.5) is 0 Å². The van der Waals surface area contributed by atoms with Crippen molar-refractivity contribution >= 4 is 29.3 Å². The quantitative estimate of drug-likeness (QED) is 0.0674. The molecule has 0 saturated carbocycles. The molecule has 0 radical (unpaired) electrons. The zero-order valence-electron chi connectivity index (χ0n) is 26.6. The smallest absolute Gasteiger partial charge is 0.251 e. The van der Waals surface area contributed by atoms with Crippen molar-refractivity contribution in [3.05, 3.63) is 64.7 Å². The minimum absolute atomic E-state index is 0.0000818. The van der Waals surface area contributed by atoms with Crippen molar-refractivity contribution in [2.75, 3.05) is 14.1 Å². The lowest BCUT2D eigenvalue weighted by Gasteiger charge is -2.18. The number of nitrogens with two attached hydrogens (primary N) is 1. The number of carbonyl (C=O) groups excluding carboxylic acids is 2. The minimum Gasteiger partial charge on any atom is -0.489 e. The molecule has 0 aliphatic rings. The number of hydrogen-bond acceptors (Lipinski definition) is 5. The van der Waals surface area contributed by atoms with Crippen molar-refractivity contribution in [1.29, 1.82) is 0 Å². The van der Waals surface area contributed by atoms with Gasteiger partial charge in [-0.3, -0.25) is 9.59 Å². The number of benzene rings is 1. The lowest BCUT2D eigenvalue weighted by Crippen LogP contribution is -2.44. The molecule has 2 unspecified atom stereocenters. The minimum atomic E-state index is -0.599. The summed E-state index contributed by atoms with van der Waals surface area (Å²) >= 11 is 6.09. The number of rotatable bonds is 10. The summed E-state index contributed by atoms with van der Waals surface area (Å²) in [5.41, 5.74) is 7.21. The number of amidine groups is 1. The first kappa shape index (κ1) is 41.2. The van der Waals surface area contributed by atoms with Gasteiger partial charge >= 0.3 is 0 Å². The van der Waals surface area contributed by atoms with Crippen LogP contribution >= 0.6 is 11.6 Å². The molecule has 40 heavy (non-hydrogen) atoms. The molecule has 2 amide bonds. The summed E-state index contributed by atoms with van der Waals surface area (Å²) in [5.74, 6) is 0.0679. The summed E-state index contributed by atoms with van der Waals surface area (Å²) in [6, 6.07) is 4.20. The number of halogens is 1. The van der Waals surface area contributed by atoms with Crippen molar-refractivity contribution in [3.8, 4) is 5.75 Å². The molecule has 0 spiro atoms. The molecule has 0 aliphatic heterocycles. The fourth-order valence-corrected chi connectivity index (χ4v) is 2.94. The van der Waals surface area contributed by atoms with E-state index in [0.29, 0.717) is 16.3 Å². The van der Waals surface area contributed by atoms with Crippen LogP contribution in [0.5, 0.6) is 5.75 Å². The Balaban J connectivity index is -0.000000636. The van der Waals surface area contributed by atoms with Gasteiger partial charge in [-0.15, -0.1) is 0 Å². The molecule has 228 valence electrons.